The lowest BCUT2D eigenvalue weighted by molar-refractivity contribution is -0.119. The first-order chi connectivity index (χ1) is 15.5. The molecule has 3 rings (SSSR count). The molecule has 3 N–H and O–H groups in total. The third-order valence-corrected chi connectivity index (χ3v) is 6.63. The van der Waals surface area contributed by atoms with Crippen LogP contribution in [0.15, 0.2) is 18.2 Å². The maximum Gasteiger partial charge on any atom is 0.294 e. The van der Waals surface area contributed by atoms with Gasteiger partial charge in [0.15, 0.2) is 0 Å². The Morgan fingerprint density at radius 1 is 1.21 bits per heavy atom. The van der Waals surface area contributed by atoms with Crippen molar-refractivity contribution in [2.45, 2.75) is 71.4 Å². The Morgan fingerprint density at radius 3 is 2.42 bits per heavy atom. The van der Waals surface area contributed by atoms with Gasteiger partial charge in [-0.25, -0.2) is 4.39 Å². The minimum absolute atomic E-state index is 0.171. The van der Waals surface area contributed by atoms with Crippen molar-refractivity contribution < 1.29 is 23.9 Å². The quantitative estimate of drug-likeness (QED) is 0.456. The fourth-order valence-electron chi connectivity index (χ4n) is 4.65. The van der Waals surface area contributed by atoms with Gasteiger partial charge in [0.2, 0.25) is 0 Å². The first kappa shape index (κ1) is 24.6. The van der Waals surface area contributed by atoms with Crippen LogP contribution in [0.5, 0.6) is 0 Å². The second-order valence-electron chi connectivity index (χ2n) is 9.20. The molecule has 1 heterocycles. The second-order valence-corrected chi connectivity index (χ2v) is 9.20. The van der Waals surface area contributed by atoms with Crippen molar-refractivity contribution in [2.24, 2.45) is 7.05 Å². The van der Waals surface area contributed by atoms with E-state index in [1.54, 1.807) is 31.5 Å². The van der Waals surface area contributed by atoms with Crippen LogP contribution in [-0.2, 0) is 18.3 Å². The summed E-state index contributed by atoms with van der Waals surface area (Å²) in [5.41, 5.74) is 1.86. The minimum atomic E-state index is -0.721. The summed E-state index contributed by atoms with van der Waals surface area (Å²) in [4.78, 5) is 39.1. The molecule has 2 amide bonds. The molecular formula is C25H32FN3O4. The van der Waals surface area contributed by atoms with E-state index in [1.165, 1.54) is 12.1 Å². The molecule has 1 fully saturated rings. The summed E-state index contributed by atoms with van der Waals surface area (Å²) in [6.07, 6.45) is 2.42. The molecule has 0 atom stereocenters. The average Bonchev–Trinajstić information content (AvgIpc) is 3.01. The van der Waals surface area contributed by atoms with Crippen molar-refractivity contribution >= 4 is 23.3 Å². The van der Waals surface area contributed by atoms with Crippen LogP contribution in [0.2, 0.25) is 0 Å². The molecule has 0 radical (unpaired) electrons. The van der Waals surface area contributed by atoms with Gasteiger partial charge in [-0.15, -0.1) is 0 Å². The lowest BCUT2D eigenvalue weighted by Crippen LogP contribution is -2.51. The number of benzene rings is 1. The van der Waals surface area contributed by atoms with Crippen LogP contribution in [-0.4, -0.2) is 38.9 Å². The largest absolute Gasteiger partial charge is 0.393 e. The van der Waals surface area contributed by atoms with Crippen molar-refractivity contribution in [1.82, 2.24) is 9.88 Å². The second kappa shape index (κ2) is 9.47. The zero-order chi connectivity index (χ0) is 24.5. The van der Waals surface area contributed by atoms with Crippen LogP contribution in [0.3, 0.4) is 0 Å². The zero-order valence-electron chi connectivity index (χ0n) is 19.8. The van der Waals surface area contributed by atoms with Crippen molar-refractivity contribution in [1.29, 1.82) is 0 Å². The van der Waals surface area contributed by atoms with E-state index in [0.717, 1.165) is 0 Å². The van der Waals surface area contributed by atoms with Gasteiger partial charge in [0.25, 0.3) is 17.6 Å². The van der Waals surface area contributed by atoms with E-state index in [0.29, 0.717) is 60.2 Å². The molecule has 178 valence electrons. The van der Waals surface area contributed by atoms with Gasteiger partial charge in [-0.05, 0) is 82.2 Å². The normalized spacial score (nSPS) is 20.4. The number of ketones is 1. The number of halogens is 1. The molecule has 0 bridgehead atoms. The third kappa shape index (κ3) is 5.00. The van der Waals surface area contributed by atoms with Gasteiger partial charge in [-0.2, -0.15) is 0 Å². The molecule has 8 heteroatoms. The Kier molecular flexibility index (Phi) is 7.07. The number of hydrogen-bond acceptors (Lipinski definition) is 4. The minimum Gasteiger partial charge on any atom is -0.393 e. The van der Waals surface area contributed by atoms with E-state index >= 15 is 0 Å². The standard InChI is InChI=1S/C25H32FN3O4/c1-6-19-20(23(32)27-16-7-8-18(26)14(2)13-16)15(3)21(29(19)5)22(31)24(33)28-25(4)11-9-17(30)10-12-25/h7-8,13,17,30H,6,9-12H2,1-5H3,(H,27,32)(H,28,33)/t17-,25+. The summed E-state index contributed by atoms with van der Waals surface area (Å²) in [6.45, 7) is 7.02. The number of aryl methyl sites for hydroxylation is 1. The van der Waals surface area contributed by atoms with E-state index in [2.05, 4.69) is 10.6 Å². The van der Waals surface area contributed by atoms with Crippen molar-refractivity contribution in [3.8, 4) is 0 Å². The number of rotatable bonds is 6. The van der Waals surface area contributed by atoms with Gasteiger partial charge in [0, 0.05) is 24.0 Å². The molecule has 1 aromatic carbocycles. The smallest absolute Gasteiger partial charge is 0.294 e. The van der Waals surface area contributed by atoms with Crippen LogP contribution in [0, 0.1) is 19.7 Å². The van der Waals surface area contributed by atoms with Crippen LogP contribution in [0.1, 0.15) is 77.2 Å². The summed E-state index contributed by atoms with van der Waals surface area (Å²) in [7, 11) is 1.67. The number of nitrogens with zero attached hydrogens (tertiary/aromatic N) is 1. The van der Waals surface area contributed by atoms with E-state index in [-0.39, 0.29) is 17.6 Å². The molecule has 33 heavy (non-hydrogen) atoms. The lowest BCUT2D eigenvalue weighted by Gasteiger charge is -2.36. The number of hydrogen-bond donors (Lipinski definition) is 3. The van der Waals surface area contributed by atoms with Gasteiger partial charge in [-0.3, -0.25) is 14.4 Å². The van der Waals surface area contributed by atoms with Crippen LogP contribution in [0.25, 0.3) is 0 Å². The Labute approximate surface area is 193 Å². The molecule has 0 saturated heterocycles. The monoisotopic (exact) mass is 457 g/mol. The van der Waals surface area contributed by atoms with E-state index in [4.69, 9.17) is 0 Å². The number of aromatic nitrogens is 1. The third-order valence-electron chi connectivity index (χ3n) is 6.63. The number of nitrogens with one attached hydrogen (secondary N) is 2. The predicted octanol–water partition coefficient (Wildman–Crippen LogP) is 3.59. The number of aliphatic hydroxyl groups excluding tert-OH is 1. The number of Topliss-reactive ketones (excluding diaryl/α,β-unsaturated/α-hetero) is 1. The van der Waals surface area contributed by atoms with Crippen LogP contribution in [0.4, 0.5) is 10.1 Å². The Hall–Kier alpha value is -3.00. The topological polar surface area (TPSA) is 100 Å². The number of anilines is 1. The number of amides is 2. The fourth-order valence-corrected chi connectivity index (χ4v) is 4.65. The van der Waals surface area contributed by atoms with E-state index in [9.17, 15) is 23.9 Å². The number of carbonyl (C=O) groups excluding carboxylic acids is 3. The molecule has 1 aliphatic carbocycles. The fraction of sp³-hybridized carbons (Fsp3) is 0.480. The lowest BCUT2D eigenvalue weighted by atomic mass is 9.82. The van der Waals surface area contributed by atoms with E-state index < -0.39 is 23.1 Å². The zero-order valence-corrected chi connectivity index (χ0v) is 19.8. The molecule has 1 aliphatic rings. The van der Waals surface area contributed by atoms with Gasteiger partial charge in [0.1, 0.15) is 5.82 Å². The number of carbonyl (C=O) groups is 3. The highest BCUT2D eigenvalue weighted by Crippen LogP contribution is 2.29. The first-order valence-corrected chi connectivity index (χ1v) is 11.3. The summed E-state index contributed by atoms with van der Waals surface area (Å²) in [5.74, 6) is -2.20. The van der Waals surface area contributed by atoms with Crippen molar-refractivity contribution in [2.75, 3.05) is 5.32 Å². The van der Waals surface area contributed by atoms with Crippen LogP contribution < -0.4 is 10.6 Å². The first-order valence-electron chi connectivity index (χ1n) is 11.3. The highest BCUT2D eigenvalue weighted by Gasteiger charge is 2.35. The Morgan fingerprint density at radius 2 is 1.85 bits per heavy atom. The molecule has 0 aliphatic heterocycles. The summed E-state index contributed by atoms with van der Waals surface area (Å²) < 4.78 is 15.2. The molecule has 7 nitrogen and oxygen atoms in total. The molecule has 0 unspecified atom stereocenters. The Balaban J connectivity index is 1.87. The molecule has 1 saturated carbocycles. The highest BCUT2D eigenvalue weighted by molar-refractivity contribution is 6.43. The highest BCUT2D eigenvalue weighted by atomic mass is 19.1. The average molecular weight is 458 g/mol. The molecule has 2 aromatic rings. The maximum absolute atomic E-state index is 13.6. The Bertz CT molecular complexity index is 1100. The van der Waals surface area contributed by atoms with Crippen LogP contribution >= 0.6 is 0 Å². The van der Waals surface area contributed by atoms with Gasteiger partial charge < -0.3 is 20.3 Å². The van der Waals surface area contributed by atoms with E-state index in [1.807, 2.05) is 13.8 Å². The molecule has 1 aromatic heterocycles. The van der Waals surface area contributed by atoms with Gasteiger partial charge in [0.05, 0.1) is 17.4 Å². The summed E-state index contributed by atoms with van der Waals surface area (Å²) in [6, 6.07) is 4.30. The van der Waals surface area contributed by atoms with Gasteiger partial charge in [-0.1, -0.05) is 6.92 Å². The van der Waals surface area contributed by atoms with Crippen molar-refractivity contribution in [3.05, 3.63) is 52.1 Å². The van der Waals surface area contributed by atoms with Crippen molar-refractivity contribution in [3.63, 3.8) is 0 Å². The summed E-state index contributed by atoms with van der Waals surface area (Å²) in [5, 5.41) is 15.4. The molecular weight excluding hydrogens is 425 g/mol. The van der Waals surface area contributed by atoms with Gasteiger partial charge >= 0.3 is 0 Å². The predicted molar refractivity (Wildman–Crippen MR) is 124 cm³/mol. The SMILES string of the molecule is CCc1c(C(=O)Nc2ccc(F)c(C)c2)c(C)c(C(=O)C(=O)N[C@]2(C)CC[C@H](O)CC2)n1C. The number of aliphatic hydroxyl groups is 1. The summed E-state index contributed by atoms with van der Waals surface area (Å²) >= 11 is 0. The molecule has 0 spiro atoms. The maximum atomic E-state index is 13.6.